The number of aromatic nitrogens is 3. The van der Waals surface area contributed by atoms with E-state index in [4.69, 9.17) is 16.3 Å². The van der Waals surface area contributed by atoms with E-state index >= 15 is 0 Å². The summed E-state index contributed by atoms with van der Waals surface area (Å²) >= 11 is 6.13. The zero-order valence-corrected chi connectivity index (χ0v) is 13.7. The molecule has 0 spiro atoms. The zero-order valence-electron chi connectivity index (χ0n) is 13.0. The van der Waals surface area contributed by atoms with E-state index in [1.165, 1.54) is 0 Å². The number of carbonyl (C=O) groups is 1. The van der Waals surface area contributed by atoms with Gasteiger partial charge in [0.15, 0.2) is 0 Å². The highest BCUT2D eigenvalue weighted by Crippen LogP contribution is 2.23. The van der Waals surface area contributed by atoms with Gasteiger partial charge in [0, 0.05) is 25.2 Å². The van der Waals surface area contributed by atoms with Crippen LogP contribution in [-0.4, -0.2) is 46.0 Å². The Labute approximate surface area is 140 Å². The second kappa shape index (κ2) is 7.10. The number of methoxy groups -OCH3 is 1. The average Bonchev–Trinajstić information content (AvgIpc) is 3.18. The van der Waals surface area contributed by atoms with Gasteiger partial charge in [-0.15, -0.1) is 5.10 Å². The summed E-state index contributed by atoms with van der Waals surface area (Å²) in [7, 11) is 1.63. The first-order valence-electron chi connectivity index (χ1n) is 7.58. The van der Waals surface area contributed by atoms with Crippen LogP contribution in [0.4, 0.5) is 0 Å². The van der Waals surface area contributed by atoms with Crippen molar-refractivity contribution in [2.75, 3.05) is 20.2 Å². The monoisotopic (exact) mass is 334 g/mol. The molecular weight excluding hydrogens is 316 g/mol. The predicted molar refractivity (Wildman–Crippen MR) is 86.1 cm³/mol. The summed E-state index contributed by atoms with van der Waals surface area (Å²) in [6.45, 7) is 1.83. The van der Waals surface area contributed by atoms with Crippen molar-refractivity contribution < 1.29 is 9.53 Å². The number of ether oxygens (including phenoxy) is 1. The highest BCUT2D eigenvalue weighted by atomic mass is 35.5. The maximum atomic E-state index is 12.5. The van der Waals surface area contributed by atoms with Crippen LogP contribution in [0.5, 0.6) is 0 Å². The first-order valence-corrected chi connectivity index (χ1v) is 7.96. The fourth-order valence-electron chi connectivity index (χ4n) is 2.81. The number of hydrogen-bond donors (Lipinski definition) is 0. The number of rotatable bonds is 5. The quantitative estimate of drug-likeness (QED) is 0.840. The molecule has 1 atom stereocenters. The summed E-state index contributed by atoms with van der Waals surface area (Å²) in [5.41, 5.74) is 1.67. The van der Waals surface area contributed by atoms with Crippen LogP contribution in [-0.2, 0) is 22.6 Å². The molecule has 1 amide bonds. The number of benzene rings is 1. The second-order valence-electron chi connectivity index (χ2n) is 5.67. The summed E-state index contributed by atoms with van der Waals surface area (Å²) < 4.78 is 6.88. The number of amides is 1. The Kier molecular flexibility index (Phi) is 4.93. The van der Waals surface area contributed by atoms with Crippen LogP contribution in [0.15, 0.2) is 30.5 Å². The first-order chi connectivity index (χ1) is 11.2. The van der Waals surface area contributed by atoms with Gasteiger partial charge in [-0.25, -0.2) is 4.68 Å². The molecule has 1 saturated heterocycles. The molecule has 2 aromatic rings. The van der Waals surface area contributed by atoms with Gasteiger partial charge in [0.25, 0.3) is 0 Å². The van der Waals surface area contributed by atoms with Crippen molar-refractivity contribution >= 4 is 17.5 Å². The lowest BCUT2D eigenvalue weighted by atomic mass is 10.1. The number of hydrogen-bond acceptors (Lipinski definition) is 4. The van der Waals surface area contributed by atoms with E-state index in [0.717, 1.165) is 24.2 Å². The Bertz CT molecular complexity index is 688. The average molecular weight is 335 g/mol. The largest absolute Gasteiger partial charge is 0.378 e. The van der Waals surface area contributed by atoms with Gasteiger partial charge < -0.3 is 9.64 Å². The van der Waals surface area contributed by atoms with Gasteiger partial charge in [-0.1, -0.05) is 35.0 Å². The zero-order chi connectivity index (χ0) is 16.2. The van der Waals surface area contributed by atoms with E-state index < -0.39 is 0 Å². The summed E-state index contributed by atoms with van der Waals surface area (Å²) in [5.74, 6) is 0.0952. The lowest BCUT2D eigenvalue weighted by molar-refractivity contribution is -0.129. The minimum absolute atomic E-state index is 0.0952. The number of nitrogens with zero attached hydrogens (tertiary/aromatic N) is 4. The van der Waals surface area contributed by atoms with Gasteiger partial charge >= 0.3 is 0 Å². The molecule has 0 aliphatic carbocycles. The third-order valence-electron chi connectivity index (χ3n) is 4.04. The van der Waals surface area contributed by atoms with Gasteiger partial charge in [0.1, 0.15) is 5.69 Å². The molecule has 1 fully saturated rings. The number of halogens is 1. The maximum absolute atomic E-state index is 12.5. The van der Waals surface area contributed by atoms with E-state index in [1.807, 2.05) is 40.0 Å². The van der Waals surface area contributed by atoms with Crippen molar-refractivity contribution in [2.24, 2.45) is 0 Å². The molecule has 3 rings (SSSR count). The van der Waals surface area contributed by atoms with Gasteiger partial charge in [0.05, 0.1) is 25.3 Å². The fourth-order valence-corrected chi connectivity index (χ4v) is 3.01. The van der Waals surface area contributed by atoms with Crippen molar-refractivity contribution in [2.45, 2.75) is 25.5 Å². The smallest absolute Gasteiger partial charge is 0.227 e. The normalized spacial score (nSPS) is 17.7. The Morgan fingerprint density at radius 2 is 2.26 bits per heavy atom. The van der Waals surface area contributed by atoms with E-state index in [9.17, 15) is 4.79 Å². The van der Waals surface area contributed by atoms with Crippen LogP contribution in [0.1, 0.15) is 23.7 Å². The van der Waals surface area contributed by atoms with Crippen molar-refractivity contribution in [1.82, 2.24) is 19.9 Å². The Morgan fingerprint density at radius 3 is 3.04 bits per heavy atom. The van der Waals surface area contributed by atoms with Gasteiger partial charge in [0.2, 0.25) is 5.91 Å². The third kappa shape index (κ3) is 3.71. The molecule has 0 saturated carbocycles. The standard InChI is InChI=1S/C16H19ClN4O2/c1-23-11-13-9-21(19-18-13)14-6-7-20(10-14)16(22)8-12-4-2-3-5-15(12)17/h2-5,9,14H,6-8,10-11H2,1H3. The van der Waals surface area contributed by atoms with Crippen LogP contribution < -0.4 is 0 Å². The molecule has 122 valence electrons. The van der Waals surface area contributed by atoms with Crippen molar-refractivity contribution in [3.05, 3.63) is 46.7 Å². The molecule has 1 aromatic carbocycles. The van der Waals surface area contributed by atoms with Gasteiger partial charge in [-0.05, 0) is 18.1 Å². The van der Waals surface area contributed by atoms with Crippen molar-refractivity contribution in [1.29, 1.82) is 0 Å². The SMILES string of the molecule is COCc1cn(C2CCN(C(=O)Cc3ccccc3Cl)C2)nn1. The molecule has 7 heteroatoms. The molecule has 23 heavy (non-hydrogen) atoms. The summed E-state index contributed by atoms with van der Waals surface area (Å²) in [5, 5.41) is 8.84. The molecule has 1 aliphatic heterocycles. The highest BCUT2D eigenvalue weighted by Gasteiger charge is 2.28. The molecule has 0 radical (unpaired) electrons. The molecule has 0 N–H and O–H groups in total. The van der Waals surface area contributed by atoms with E-state index in [1.54, 1.807) is 7.11 Å². The topological polar surface area (TPSA) is 60.2 Å². The molecule has 0 bridgehead atoms. The lowest BCUT2D eigenvalue weighted by Gasteiger charge is -2.17. The van der Waals surface area contributed by atoms with Crippen molar-refractivity contribution in [3.8, 4) is 0 Å². The second-order valence-corrected chi connectivity index (χ2v) is 6.08. The van der Waals surface area contributed by atoms with E-state index in [2.05, 4.69) is 10.3 Å². The predicted octanol–water partition coefficient (Wildman–Crippen LogP) is 2.09. The third-order valence-corrected chi connectivity index (χ3v) is 4.41. The molecule has 1 unspecified atom stereocenters. The van der Waals surface area contributed by atoms with Crippen LogP contribution in [0.2, 0.25) is 5.02 Å². The molecule has 1 aliphatic rings. The molecule has 6 nitrogen and oxygen atoms in total. The summed E-state index contributed by atoms with van der Waals surface area (Å²) in [6, 6.07) is 7.63. The highest BCUT2D eigenvalue weighted by molar-refractivity contribution is 6.31. The van der Waals surface area contributed by atoms with E-state index in [-0.39, 0.29) is 11.9 Å². The van der Waals surface area contributed by atoms with Crippen molar-refractivity contribution in [3.63, 3.8) is 0 Å². The maximum Gasteiger partial charge on any atom is 0.227 e. The van der Waals surface area contributed by atoms with Gasteiger partial charge in [-0.2, -0.15) is 0 Å². The fraction of sp³-hybridized carbons (Fsp3) is 0.438. The number of likely N-dealkylation sites (tertiary alicyclic amines) is 1. The lowest BCUT2D eigenvalue weighted by Crippen LogP contribution is -2.30. The van der Waals surface area contributed by atoms with Crippen LogP contribution >= 0.6 is 11.6 Å². The Balaban J connectivity index is 1.60. The minimum Gasteiger partial charge on any atom is -0.378 e. The molecular formula is C16H19ClN4O2. The minimum atomic E-state index is 0.0952. The van der Waals surface area contributed by atoms with Gasteiger partial charge in [-0.3, -0.25) is 4.79 Å². The van der Waals surface area contributed by atoms with Crippen LogP contribution in [0, 0.1) is 0 Å². The van der Waals surface area contributed by atoms with E-state index in [0.29, 0.717) is 24.6 Å². The summed E-state index contributed by atoms with van der Waals surface area (Å²) in [4.78, 5) is 14.3. The molecule has 1 aromatic heterocycles. The first kappa shape index (κ1) is 16.0. The Hall–Kier alpha value is -1.92. The Morgan fingerprint density at radius 1 is 1.43 bits per heavy atom. The molecule has 2 heterocycles. The van der Waals surface area contributed by atoms with Crippen LogP contribution in [0.25, 0.3) is 0 Å². The number of carbonyl (C=O) groups excluding carboxylic acids is 1. The summed E-state index contributed by atoms with van der Waals surface area (Å²) in [6.07, 6.45) is 3.10. The van der Waals surface area contributed by atoms with Crippen LogP contribution in [0.3, 0.4) is 0 Å².